The minimum atomic E-state index is 0. The Labute approximate surface area is 137 Å². The third-order valence-corrected chi connectivity index (χ3v) is 4.73. The van der Waals surface area contributed by atoms with Crippen LogP contribution >= 0.6 is 24.8 Å². The van der Waals surface area contributed by atoms with Gasteiger partial charge in [0.15, 0.2) is 0 Å². The van der Waals surface area contributed by atoms with E-state index in [9.17, 15) is 0 Å². The lowest BCUT2D eigenvalue weighted by Crippen LogP contribution is -1.85. The topological polar surface area (TPSA) is 0 Å². The summed E-state index contributed by atoms with van der Waals surface area (Å²) in [5.41, 5.74) is 8.96. The van der Waals surface area contributed by atoms with Crippen molar-refractivity contribution in [2.24, 2.45) is 11.8 Å². The normalized spacial score (nSPS) is 24.4. The molecule has 0 aromatic rings. The predicted molar refractivity (Wildman–Crippen MR) is 97.1 cm³/mol. The van der Waals surface area contributed by atoms with E-state index in [1.807, 2.05) is 0 Å². The average molecular weight is 317 g/mol. The standard InChI is InChI=1S/2C9H14.2ClH/c2*1-6-5-7(2)9(4)8(6)3;;/h2*5-6H,1-4H3;2*1H. The highest BCUT2D eigenvalue weighted by Gasteiger charge is 2.13. The zero-order chi connectivity index (χ0) is 14.0. The van der Waals surface area contributed by atoms with Gasteiger partial charge in [-0.05, 0) is 64.5 Å². The first kappa shape index (κ1) is 21.8. The molecule has 2 aliphatic carbocycles. The van der Waals surface area contributed by atoms with E-state index < -0.39 is 0 Å². The maximum Gasteiger partial charge on any atom is -0.00428 e. The van der Waals surface area contributed by atoms with Gasteiger partial charge in [0.25, 0.3) is 0 Å². The molecule has 2 aliphatic rings. The molecule has 0 heterocycles. The van der Waals surface area contributed by atoms with Crippen molar-refractivity contribution in [1.82, 2.24) is 0 Å². The number of hydrogen-bond donors (Lipinski definition) is 0. The third kappa shape index (κ3) is 4.82. The monoisotopic (exact) mass is 316 g/mol. The van der Waals surface area contributed by atoms with E-state index in [1.165, 1.54) is 33.4 Å². The summed E-state index contributed by atoms with van der Waals surface area (Å²) in [5.74, 6) is 1.37. The second-order valence-electron chi connectivity index (χ2n) is 5.89. The summed E-state index contributed by atoms with van der Waals surface area (Å²) >= 11 is 0. The summed E-state index contributed by atoms with van der Waals surface area (Å²) in [7, 11) is 0. The van der Waals surface area contributed by atoms with Crippen molar-refractivity contribution in [2.45, 2.75) is 55.4 Å². The Morgan fingerprint density at radius 1 is 0.600 bits per heavy atom. The molecule has 2 heteroatoms. The fourth-order valence-corrected chi connectivity index (χ4v) is 2.56. The summed E-state index contributed by atoms with van der Waals surface area (Å²) in [6, 6.07) is 0. The van der Waals surface area contributed by atoms with Crippen molar-refractivity contribution in [1.29, 1.82) is 0 Å². The SMILES string of the molecule is CC1=CC(C)C(C)=C1C.CC1=CC(C)C(C)=C1C.Cl.Cl. The van der Waals surface area contributed by atoms with Crippen LogP contribution < -0.4 is 0 Å². The zero-order valence-electron chi connectivity index (χ0n) is 14.1. The highest BCUT2D eigenvalue weighted by Crippen LogP contribution is 2.29. The number of rotatable bonds is 0. The van der Waals surface area contributed by atoms with Crippen molar-refractivity contribution in [3.63, 3.8) is 0 Å². The van der Waals surface area contributed by atoms with Crippen molar-refractivity contribution in [3.8, 4) is 0 Å². The molecule has 0 saturated heterocycles. The maximum atomic E-state index is 2.32. The van der Waals surface area contributed by atoms with Gasteiger partial charge in [-0.15, -0.1) is 24.8 Å². The highest BCUT2D eigenvalue weighted by atomic mass is 35.5. The summed E-state index contributed by atoms with van der Waals surface area (Å²) in [4.78, 5) is 0. The van der Waals surface area contributed by atoms with Crippen molar-refractivity contribution in [3.05, 3.63) is 45.6 Å². The molecule has 116 valence electrons. The first-order valence-electron chi connectivity index (χ1n) is 6.98. The predicted octanol–water partition coefficient (Wildman–Crippen LogP) is 6.68. The molecule has 0 spiro atoms. The summed E-state index contributed by atoms with van der Waals surface area (Å²) in [6.07, 6.45) is 4.65. The van der Waals surface area contributed by atoms with Crippen LogP contribution in [0.25, 0.3) is 0 Å². The fourth-order valence-electron chi connectivity index (χ4n) is 2.56. The molecule has 0 N–H and O–H groups in total. The summed E-state index contributed by atoms with van der Waals surface area (Å²) < 4.78 is 0. The molecule has 2 unspecified atom stereocenters. The van der Waals surface area contributed by atoms with E-state index in [-0.39, 0.29) is 24.8 Å². The molecule has 20 heavy (non-hydrogen) atoms. The molecular formula is C18H30Cl2. The van der Waals surface area contributed by atoms with Crippen molar-refractivity contribution < 1.29 is 0 Å². The van der Waals surface area contributed by atoms with Gasteiger partial charge < -0.3 is 0 Å². The van der Waals surface area contributed by atoms with E-state index in [4.69, 9.17) is 0 Å². The van der Waals surface area contributed by atoms with E-state index in [1.54, 1.807) is 0 Å². The highest BCUT2D eigenvalue weighted by molar-refractivity contribution is 5.85. The van der Waals surface area contributed by atoms with Crippen molar-refractivity contribution in [2.75, 3.05) is 0 Å². The fraction of sp³-hybridized carbons (Fsp3) is 0.556. The van der Waals surface area contributed by atoms with Gasteiger partial charge in [-0.25, -0.2) is 0 Å². The smallest absolute Gasteiger partial charge is 0.00428 e. The van der Waals surface area contributed by atoms with Crippen LogP contribution in [0, 0.1) is 11.8 Å². The van der Waals surface area contributed by atoms with Gasteiger partial charge in [-0.3, -0.25) is 0 Å². The number of hydrogen-bond acceptors (Lipinski definition) is 0. The molecular weight excluding hydrogens is 287 g/mol. The quantitative estimate of drug-likeness (QED) is 0.467. The third-order valence-electron chi connectivity index (χ3n) is 4.73. The minimum absolute atomic E-state index is 0. The molecule has 0 radical (unpaired) electrons. The molecule has 2 atom stereocenters. The minimum Gasteiger partial charge on any atom is -0.147 e. The largest absolute Gasteiger partial charge is 0.147 e. The number of halogens is 2. The van der Waals surface area contributed by atoms with E-state index in [0.29, 0.717) is 11.8 Å². The number of allylic oxidation sites excluding steroid dienone is 8. The first-order valence-corrected chi connectivity index (χ1v) is 6.98. The Bertz CT molecular complexity index is 418. The van der Waals surface area contributed by atoms with Gasteiger partial charge >= 0.3 is 0 Å². The van der Waals surface area contributed by atoms with E-state index >= 15 is 0 Å². The van der Waals surface area contributed by atoms with Crippen LogP contribution in [0.4, 0.5) is 0 Å². The summed E-state index contributed by atoms with van der Waals surface area (Å²) in [6.45, 7) is 17.7. The molecule has 0 fully saturated rings. The Morgan fingerprint density at radius 3 is 0.900 bits per heavy atom. The van der Waals surface area contributed by atoms with Gasteiger partial charge in [-0.1, -0.05) is 48.3 Å². The van der Waals surface area contributed by atoms with Gasteiger partial charge in [0.1, 0.15) is 0 Å². The lowest BCUT2D eigenvalue weighted by molar-refractivity contribution is 0.875. The van der Waals surface area contributed by atoms with Crippen LogP contribution in [0.3, 0.4) is 0 Å². The van der Waals surface area contributed by atoms with Gasteiger partial charge in [-0.2, -0.15) is 0 Å². The Hall–Kier alpha value is -0.460. The first-order chi connectivity index (χ1) is 8.25. The second-order valence-corrected chi connectivity index (χ2v) is 5.89. The molecule has 0 nitrogen and oxygen atoms in total. The van der Waals surface area contributed by atoms with Crippen LogP contribution in [-0.4, -0.2) is 0 Å². The maximum absolute atomic E-state index is 2.32. The summed E-state index contributed by atoms with van der Waals surface area (Å²) in [5, 5.41) is 0. The molecule has 0 aromatic carbocycles. The molecule has 0 amide bonds. The molecule has 0 bridgehead atoms. The Morgan fingerprint density at radius 2 is 0.850 bits per heavy atom. The van der Waals surface area contributed by atoms with Crippen molar-refractivity contribution >= 4 is 24.8 Å². The van der Waals surface area contributed by atoms with Gasteiger partial charge in [0.2, 0.25) is 0 Å². The van der Waals surface area contributed by atoms with Gasteiger partial charge in [0, 0.05) is 0 Å². The Kier molecular flexibility index (Phi) is 9.55. The second kappa shape index (κ2) is 8.74. The molecule has 0 aliphatic heterocycles. The molecule has 0 aromatic heterocycles. The van der Waals surface area contributed by atoms with E-state index in [2.05, 4.69) is 67.5 Å². The molecule has 2 rings (SSSR count). The Balaban J connectivity index is 0. The zero-order valence-corrected chi connectivity index (χ0v) is 15.8. The lowest BCUT2D eigenvalue weighted by atomic mass is 10.1. The van der Waals surface area contributed by atoms with Crippen LogP contribution in [0.5, 0.6) is 0 Å². The van der Waals surface area contributed by atoms with Crippen LogP contribution in [-0.2, 0) is 0 Å². The molecule has 0 saturated carbocycles. The van der Waals surface area contributed by atoms with Crippen LogP contribution in [0.15, 0.2) is 45.6 Å². The van der Waals surface area contributed by atoms with Crippen LogP contribution in [0.1, 0.15) is 55.4 Å². The van der Waals surface area contributed by atoms with Crippen LogP contribution in [0.2, 0.25) is 0 Å². The lowest BCUT2D eigenvalue weighted by Gasteiger charge is -2.00. The van der Waals surface area contributed by atoms with E-state index in [0.717, 1.165) is 0 Å². The van der Waals surface area contributed by atoms with Gasteiger partial charge in [0.05, 0.1) is 0 Å². The average Bonchev–Trinajstić information content (AvgIpc) is 2.66.